The molecule has 0 aliphatic rings. The Hall–Kier alpha value is -2.33. The van der Waals surface area contributed by atoms with E-state index in [-0.39, 0.29) is 5.91 Å². The van der Waals surface area contributed by atoms with Gasteiger partial charge in [0.15, 0.2) is 0 Å². The summed E-state index contributed by atoms with van der Waals surface area (Å²) >= 11 is 5.98. The van der Waals surface area contributed by atoms with Gasteiger partial charge in [-0.2, -0.15) is 0 Å². The Morgan fingerprint density at radius 1 is 1.35 bits per heavy atom. The molecule has 0 fully saturated rings. The lowest BCUT2D eigenvalue weighted by molar-refractivity contribution is -0.111. The van der Waals surface area contributed by atoms with Crippen molar-refractivity contribution in [2.75, 3.05) is 12.4 Å². The minimum Gasteiger partial charge on any atom is -0.495 e. The van der Waals surface area contributed by atoms with Crippen LogP contribution in [0.3, 0.4) is 0 Å². The first-order valence-corrected chi connectivity index (χ1v) is 6.30. The van der Waals surface area contributed by atoms with Gasteiger partial charge in [-0.25, -0.2) is 0 Å². The van der Waals surface area contributed by atoms with Crippen LogP contribution in [0.5, 0.6) is 5.75 Å². The minimum absolute atomic E-state index is 0.253. The molecule has 0 bridgehead atoms. The van der Waals surface area contributed by atoms with Crippen molar-refractivity contribution in [1.82, 2.24) is 4.98 Å². The highest BCUT2D eigenvalue weighted by atomic mass is 35.5. The average molecular weight is 289 g/mol. The topological polar surface area (TPSA) is 51.2 Å². The fraction of sp³-hybridized carbons (Fsp3) is 0.0667. The van der Waals surface area contributed by atoms with Crippen molar-refractivity contribution in [1.29, 1.82) is 0 Å². The molecule has 20 heavy (non-hydrogen) atoms. The Bertz CT molecular complexity index is 627. The van der Waals surface area contributed by atoms with E-state index < -0.39 is 0 Å². The highest BCUT2D eigenvalue weighted by Crippen LogP contribution is 2.27. The second kappa shape index (κ2) is 6.73. The molecule has 1 amide bonds. The fourth-order valence-corrected chi connectivity index (χ4v) is 1.82. The van der Waals surface area contributed by atoms with Crippen LogP contribution in [0, 0.1) is 0 Å². The molecular formula is C15H13ClN2O2. The van der Waals surface area contributed by atoms with Crippen LogP contribution in [0.15, 0.2) is 48.7 Å². The van der Waals surface area contributed by atoms with Crippen LogP contribution in [0.4, 0.5) is 5.69 Å². The van der Waals surface area contributed by atoms with E-state index in [0.29, 0.717) is 16.5 Å². The van der Waals surface area contributed by atoms with E-state index in [1.54, 1.807) is 30.5 Å². The smallest absolute Gasteiger partial charge is 0.248 e. The van der Waals surface area contributed by atoms with E-state index in [9.17, 15) is 4.79 Å². The normalized spacial score (nSPS) is 10.5. The van der Waals surface area contributed by atoms with Crippen LogP contribution in [0.2, 0.25) is 5.02 Å². The van der Waals surface area contributed by atoms with Crippen molar-refractivity contribution in [3.63, 3.8) is 0 Å². The van der Waals surface area contributed by atoms with Crippen LogP contribution >= 0.6 is 11.6 Å². The maximum Gasteiger partial charge on any atom is 0.248 e. The lowest BCUT2D eigenvalue weighted by Crippen LogP contribution is -2.07. The van der Waals surface area contributed by atoms with Gasteiger partial charge in [0.2, 0.25) is 5.91 Å². The summed E-state index contributed by atoms with van der Waals surface area (Å²) in [6, 6.07) is 10.5. The first-order valence-electron chi connectivity index (χ1n) is 5.92. The third-order valence-electron chi connectivity index (χ3n) is 2.51. The van der Waals surface area contributed by atoms with E-state index >= 15 is 0 Å². The van der Waals surface area contributed by atoms with Crippen LogP contribution in [0.1, 0.15) is 5.69 Å². The second-order valence-corrected chi connectivity index (χ2v) is 4.33. The van der Waals surface area contributed by atoms with Gasteiger partial charge < -0.3 is 10.1 Å². The van der Waals surface area contributed by atoms with Gasteiger partial charge >= 0.3 is 0 Å². The minimum atomic E-state index is -0.253. The Balaban J connectivity index is 2.01. The van der Waals surface area contributed by atoms with Crippen molar-refractivity contribution in [2.45, 2.75) is 0 Å². The zero-order valence-corrected chi connectivity index (χ0v) is 11.6. The van der Waals surface area contributed by atoms with Gasteiger partial charge in [0.05, 0.1) is 17.8 Å². The van der Waals surface area contributed by atoms with Crippen molar-refractivity contribution in [3.8, 4) is 5.75 Å². The lowest BCUT2D eigenvalue weighted by Gasteiger charge is -2.06. The van der Waals surface area contributed by atoms with Gasteiger partial charge in [-0.05, 0) is 36.4 Å². The van der Waals surface area contributed by atoms with E-state index in [1.807, 2.05) is 18.2 Å². The quantitative estimate of drug-likeness (QED) is 0.877. The third kappa shape index (κ3) is 3.83. The lowest BCUT2D eigenvalue weighted by atomic mass is 10.3. The third-order valence-corrected chi connectivity index (χ3v) is 2.81. The molecule has 1 aromatic carbocycles. The number of methoxy groups -OCH3 is 1. The molecule has 0 radical (unpaired) electrons. The largest absolute Gasteiger partial charge is 0.495 e. The molecule has 4 nitrogen and oxygen atoms in total. The van der Waals surface area contributed by atoms with Crippen molar-refractivity contribution >= 4 is 29.3 Å². The Kier molecular flexibility index (Phi) is 4.74. The number of nitrogens with one attached hydrogen (secondary N) is 1. The zero-order chi connectivity index (χ0) is 14.4. The van der Waals surface area contributed by atoms with Crippen molar-refractivity contribution in [2.24, 2.45) is 0 Å². The second-order valence-electron chi connectivity index (χ2n) is 3.93. The summed E-state index contributed by atoms with van der Waals surface area (Å²) in [5.74, 6) is 0.311. The highest BCUT2D eigenvalue weighted by molar-refractivity contribution is 6.32. The van der Waals surface area contributed by atoms with E-state index in [1.165, 1.54) is 13.2 Å². The van der Waals surface area contributed by atoms with E-state index in [4.69, 9.17) is 16.3 Å². The number of carbonyl (C=O) groups excluding carboxylic acids is 1. The van der Waals surface area contributed by atoms with Crippen molar-refractivity contribution < 1.29 is 9.53 Å². The van der Waals surface area contributed by atoms with Gasteiger partial charge in [-0.1, -0.05) is 17.7 Å². The Morgan fingerprint density at radius 2 is 2.20 bits per heavy atom. The number of carbonyl (C=O) groups is 1. The van der Waals surface area contributed by atoms with E-state index in [0.717, 1.165) is 5.69 Å². The zero-order valence-electron chi connectivity index (χ0n) is 10.8. The summed E-state index contributed by atoms with van der Waals surface area (Å²) < 4.78 is 5.04. The first kappa shape index (κ1) is 14.1. The summed E-state index contributed by atoms with van der Waals surface area (Å²) in [7, 11) is 1.54. The van der Waals surface area contributed by atoms with Crippen LogP contribution in [-0.4, -0.2) is 18.0 Å². The number of hydrogen-bond donors (Lipinski definition) is 1. The summed E-state index contributed by atoms with van der Waals surface area (Å²) in [6.45, 7) is 0. The summed E-state index contributed by atoms with van der Waals surface area (Å²) in [6.07, 6.45) is 4.72. The van der Waals surface area contributed by atoms with E-state index in [2.05, 4.69) is 10.3 Å². The molecule has 2 aromatic rings. The number of ether oxygens (including phenoxy) is 1. The molecule has 0 saturated carbocycles. The molecule has 0 spiro atoms. The highest BCUT2D eigenvalue weighted by Gasteiger charge is 2.03. The van der Waals surface area contributed by atoms with Crippen LogP contribution < -0.4 is 10.1 Å². The summed E-state index contributed by atoms with van der Waals surface area (Å²) in [5, 5.41) is 3.15. The SMILES string of the molecule is COc1ccc(NC(=O)/C=C/c2ccccn2)cc1Cl. The number of anilines is 1. The number of benzene rings is 1. The van der Waals surface area contributed by atoms with Gasteiger partial charge in [-0.15, -0.1) is 0 Å². The predicted octanol–water partition coefficient (Wildman–Crippen LogP) is 3.40. The molecule has 102 valence electrons. The standard InChI is InChI=1S/C15H13ClN2O2/c1-20-14-7-5-12(10-13(14)16)18-15(19)8-6-11-4-2-3-9-17-11/h2-10H,1H3,(H,18,19)/b8-6+. The number of pyridine rings is 1. The van der Waals surface area contributed by atoms with Gasteiger partial charge in [0, 0.05) is 18.0 Å². The average Bonchev–Trinajstić information content (AvgIpc) is 2.46. The van der Waals surface area contributed by atoms with Gasteiger partial charge in [-0.3, -0.25) is 9.78 Å². The molecule has 2 rings (SSSR count). The Morgan fingerprint density at radius 3 is 2.85 bits per heavy atom. The van der Waals surface area contributed by atoms with Crippen LogP contribution in [-0.2, 0) is 4.79 Å². The number of halogens is 1. The monoisotopic (exact) mass is 288 g/mol. The molecule has 0 aliphatic carbocycles. The number of aromatic nitrogens is 1. The molecule has 0 unspecified atom stereocenters. The van der Waals surface area contributed by atoms with Crippen LogP contribution in [0.25, 0.3) is 6.08 Å². The predicted molar refractivity (Wildman–Crippen MR) is 79.9 cm³/mol. The molecule has 1 N–H and O–H groups in total. The van der Waals surface area contributed by atoms with Crippen molar-refractivity contribution in [3.05, 3.63) is 59.4 Å². The van der Waals surface area contributed by atoms with Gasteiger partial charge in [0.1, 0.15) is 5.75 Å². The molecule has 1 aromatic heterocycles. The number of rotatable bonds is 4. The molecule has 0 atom stereocenters. The summed E-state index contributed by atoms with van der Waals surface area (Å²) in [5.41, 5.74) is 1.32. The Labute approximate surface area is 122 Å². The maximum absolute atomic E-state index is 11.8. The molecule has 0 saturated heterocycles. The number of hydrogen-bond acceptors (Lipinski definition) is 3. The number of amides is 1. The molecule has 1 heterocycles. The maximum atomic E-state index is 11.8. The number of nitrogens with zero attached hydrogens (tertiary/aromatic N) is 1. The molecular weight excluding hydrogens is 276 g/mol. The van der Waals surface area contributed by atoms with Gasteiger partial charge in [0.25, 0.3) is 0 Å². The molecule has 5 heteroatoms. The summed E-state index contributed by atoms with van der Waals surface area (Å²) in [4.78, 5) is 15.8. The fourth-order valence-electron chi connectivity index (χ4n) is 1.56. The first-order chi connectivity index (χ1) is 9.69. The molecule has 0 aliphatic heterocycles.